The number of amides is 2. The summed E-state index contributed by atoms with van der Waals surface area (Å²) in [4.78, 5) is 23.0. The van der Waals surface area contributed by atoms with Crippen molar-refractivity contribution in [3.05, 3.63) is 65.7 Å². The van der Waals surface area contributed by atoms with E-state index in [4.69, 9.17) is 4.74 Å². The molecule has 0 saturated heterocycles. The van der Waals surface area contributed by atoms with Gasteiger partial charge in [-0.25, -0.2) is 0 Å². The van der Waals surface area contributed by atoms with Crippen LogP contribution in [0.2, 0.25) is 0 Å². The Hall–Kier alpha value is -2.66. The summed E-state index contributed by atoms with van der Waals surface area (Å²) in [5.41, 5.74) is 2.38. The van der Waals surface area contributed by atoms with E-state index in [0.717, 1.165) is 12.0 Å². The molecule has 2 aromatic rings. The zero-order chi connectivity index (χ0) is 18.1. The molecule has 0 spiro atoms. The van der Waals surface area contributed by atoms with Crippen molar-refractivity contribution in [1.82, 2.24) is 5.32 Å². The molecular weight excluding hydrogens is 316 g/mol. The summed E-state index contributed by atoms with van der Waals surface area (Å²) < 4.78 is 5.78. The van der Waals surface area contributed by atoms with E-state index in [2.05, 4.69) is 10.6 Å². The highest BCUT2D eigenvalue weighted by atomic mass is 16.5. The van der Waals surface area contributed by atoms with Gasteiger partial charge in [0.15, 0.2) is 0 Å². The molecule has 0 bridgehead atoms. The molecule has 2 amide bonds. The standard InChI is InChI=1S/C20H24N2O3/c1-15(17-7-4-3-5-8-17)25-14-6-13-21-20(24)18-9-11-19(12-10-18)22-16(2)23/h3-5,7-12,15H,6,13-14H2,1-2H3,(H,21,24)(H,22,23). The second-order valence-corrected chi connectivity index (χ2v) is 5.79. The number of carbonyl (C=O) groups is 2. The van der Waals surface area contributed by atoms with E-state index in [0.29, 0.717) is 24.4 Å². The van der Waals surface area contributed by atoms with Crippen molar-refractivity contribution >= 4 is 17.5 Å². The topological polar surface area (TPSA) is 67.4 Å². The molecule has 2 N–H and O–H groups in total. The number of ether oxygens (including phenoxy) is 1. The van der Waals surface area contributed by atoms with Gasteiger partial charge < -0.3 is 15.4 Å². The van der Waals surface area contributed by atoms with Gasteiger partial charge in [0.1, 0.15) is 0 Å². The van der Waals surface area contributed by atoms with Gasteiger partial charge in [-0.1, -0.05) is 30.3 Å². The Morgan fingerprint density at radius 2 is 1.72 bits per heavy atom. The van der Waals surface area contributed by atoms with Gasteiger partial charge in [-0.3, -0.25) is 9.59 Å². The van der Waals surface area contributed by atoms with Crippen LogP contribution in [-0.4, -0.2) is 25.0 Å². The van der Waals surface area contributed by atoms with Gasteiger partial charge in [-0.15, -0.1) is 0 Å². The fourth-order valence-corrected chi connectivity index (χ4v) is 2.36. The van der Waals surface area contributed by atoms with Gasteiger partial charge in [-0.05, 0) is 43.2 Å². The van der Waals surface area contributed by atoms with Crippen LogP contribution >= 0.6 is 0 Å². The third-order valence-corrected chi connectivity index (χ3v) is 3.71. The molecule has 0 aromatic heterocycles. The van der Waals surface area contributed by atoms with Gasteiger partial charge in [0.2, 0.25) is 5.91 Å². The van der Waals surface area contributed by atoms with Gasteiger partial charge in [0.25, 0.3) is 5.91 Å². The van der Waals surface area contributed by atoms with Crippen LogP contribution in [0.25, 0.3) is 0 Å². The van der Waals surface area contributed by atoms with Crippen molar-refractivity contribution in [2.75, 3.05) is 18.5 Å². The summed E-state index contributed by atoms with van der Waals surface area (Å²) in [6.07, 6.45) is 0.783. The molecule has 5 heteroatoms. The molecule has 2 aromatic carbocycles. The van der Waals surface area contributed by atoms with Crippen LogP contribution in [0.3, 0.4) is 0 Å². The van der Waals surface area contributed by atoms with Crippen molar-refractivity contribution in [3.63, 3.8) is 0 Å². The quantitative estimate of drug-likeness (QED) is 0.722. The fraction of sp³-hybridized carbons (Fsp3) is 0.300. The first kappa shape index (κ1) is 18.7. The van der Waals surface area contributed by atoms with Crippen molar-refractivity contribution in [3.8, 4) is 0 Å². The first-order valence-corrected chi connectivity index (χ1v) is 8.38. The van der Waals surface area contributed by atoms with Crippen molar-refractivity contribution in [2.45, 2.75) is 26.4 Å². The molecule has 25 heavy (non-hydrogen) atoms. The smallest absolute Gasteiger partial charge is 0.251 e. The highest BCUT2D eigenvalue weighted by Crippen LogP contribution is 2.15. The zero-order valence-corrected chi connectivity index (χ0v) is 14.6. The summed E-state index contributed by atoms with van der Waals surface area (Å²) in [5.74, 6) is -0.271. The van der Waals surface area contributed by atoms with Gasteiger partial charge in [0.05, 0.1) is 6.10 Å². The maximum absolute atomic E-state index is 12.1. The minimum atomic E-state index is -0.137. The van der Waals surface area contributed by atoms with Crippen LogP contribution in [0.5, 0.6) is 0 Å². The Morgan fingerprint density at radius 3 is 2.36 bits per heavy atom. The van der Waals surface area contributed by atoms with Crippen LogP contribution in [0, 0.1) is 0 Å². The van der Waals surface area contributed by atoms with E-state index in [1.807, 2.05) is 37.3 Å². The molecule has 0 aliphatic heterocycles. The Kier molecular flexibility index (Phi) is 7.16. The van der Waals surface area contributed by atoms with Crippen molar-refractivity contribution < 1.29 is 14.3 Å². The lowest BCUT2D eigenvalue weighted by atomic mass is 10.1. The highest BCUT2D eigenvalue weighted by Gasteiger charge is 2.07. The summed E-state index contributed by atoms with van der Waals surface area (Å²) in [5, 5.41) is 5.53. The maximum atomic E-state index is 12.1. The number of rotatable bonds is 8. The lowest BCUT2D eigenvalue weighted by molar-refractivity contribution is -0.114. The third-order valence-electron chi connectivity index (χ3n) is 3.71. The van der Waals surface area contributed by atoms with E-state index < -0.39 is 0 Å². The Labute approximate surface area is 148 Å². The molecule has 0 aliphatic rings. The van der Waals surface area contributed by atoms with Crippen LogP contribution in [0.15, 0.2) is 54.6 Å². The molecule has 0 heterocycles. The number of nitrogens with one attached hydrogen (secondary N) is 2. The first-order chi connectivity index (χ1) is 12.1. The second-order valence-electron chi connectivity index (χ2n) is 5.79. The number of anilines is 1. The monoisotopic (exact) mass is 340 g/mol. The SMILES string of the molecule is CC(=O)Nc1ccc(C(=O)NCCCOC(C)c2ccccc2)cc1. The second kappa shape index (κ2) is 9.59. The molecule has 2 rings (SSSR count). The molecule has 1 unspecified atom stereocenters. The summed E-state index contributed by atoms with van der Waals surface area (Å²) in [6, 6.07) is 16.8. The molecule has 0 saturated carbocycles. The van der Waals surface area contributed by atoms with Crippen molar-refractivity contribution in [2.24, 2.45) is 0 Å². The Morgan fingerprint density at radius 1 is 1.04 bits per heavy atom. The maximum Gasteiger partial charge on any atom is 0.251 e. The number of carbonyl (C=O) groups excluding carboxylic acids is 2. The van der Waals surface area contributed by atoms with Crippen LogP contribution in [-0.2, 0) is 9.53 Å². The minimum absolute atomic E-state index is 0.0400. The fourth-order valence-electron chi connectivity index (χ4n) is 2.36. The Bertz CT molecular complexity index is 684. The lowest BCUT2D eigenvalue weighted by Crippen LogP contribution is -2.25. The zero-order valence-electron chi connectivity index (χ0n) is 14.6. The molecular formula is C20H24N2O3. The van der Waals surface area contributed by atoms with Crippen LogP contribution < -0.4 is 10.6 Å². The number of hydrogen-bond acceptors (Lipinski definition) is 3. The van der Waals surface area contributed by atoms with E-state index in [9.17, 15) is 9.59 Å². The van der Waals surface area contributed by atoms with E-state index in [1.54, 1.807) is 24.3 Å². The number of hydrogen-bond donors (Lipinski definition) is 2. The molecule has 5 nitrogen and oxygen atoms in total. The molecule has 0 fully saturated rings. The predicted octanol–water partition coefficient (Wildman–Crippen LogP) is 3.54. The van der Waals surface area contributed by atoms with E-state index in [1.165, 1.54) is 6.92 Å². The molecule has 1 atom stereocenters. The van der Waals surface area contributed by atoms with Gasteiger partial charge >= 0.3 is 0 Å². The summed E-state index contributed by atoms with van der Waals surface area (Å²) >= 11 is 0. The normalized spacial score (nSPS) is 11.6. The van der Waals surface area contributed by atoms with E-state index >= 15 is 0 Å². The minimum Gasteiger partial charge on any atom is -0.374 e. The molecule has 132 valence electrons. The van der Waals surface area contributed by atoms with Crippen LogP contribution in [0.4, 0.5) is 5.69 Å². The van der Waals surface area contributed by atoms with Crippen molar-refractivity contribution in [1.29, 1.82) is 0 Å². The van der Waals surface area contributed by atoms with Gasteiger partial charge in [0, 0.05) is 31.3 Å². The average molecular weight is 340 g/mol. The lowest BCUT2D eigenvalue weighted by Gasteiger charge is -2.13. The third kappa shape index (κ3) is 6.39. The predicted molar refractivity (Wildman–Crippen MR) is 98.5 cm³/mol. The number of benzene rings is 2. The molecule has 0 aliphatic carbocycles. The highest BCUT2D eigenvalue weighted by molar-refractivity contribution is 5.95. The average Bonchev–Trinajstić information content (AvgIpc) is 2.62. The molecule has 0 radical (unpaired) electrons. The Balaban J connectivity index is 1.67. The first-order valence-electron chi connectivity index (χ1n) is 8.38. The van der Waals surface area contributed by atoms with Crippen LogP contribution in [0.1, 0.15) is 42.3 Å². The largest absolute Gasteiger partial charge is 0.374 e. The van der Waals surface area contributed by atoms with E-state index in [-0.39, 0.29) is 17.9 Å². The van der Waals surface area contributed by atoms with Gasteiger partial charge in [-0.2, -0.15) is 0 Å². The summed E-state index contributed by atoms with van der Waals surface area (Å²) in [6.45, 7) is 4.59. The summed E-state index contributed by atoms with van der Waals surface area (Å²) in [7, 11) is 0.